The van der Waals surface area contributed by atoms with Crippen molar-refractivity contribution >= 4 is 35.2 Å². The zero-order valence-electron chi connectivity index (χ0n) is 17.4. The minimum absolute atomic E-state index is 0.0473. The minimum Gasteiger partial charge on any atom is -0.490 e. The van der Waals surface area contributed by atoms with Crippen molar-refractivity contribution in [1.29, 1.82) is 0 Å². The summed E-state index contributed by atoms with van der Waals surface area (Å²) in [7, 11) is 0. The van der Waals surface area contributed by atoms with Crippen molar-refractivity contribution in [2.75, 3.05) is 11.6 Å². The highest BCUT2D eigenvalue weighted by molar-refractivity contribution is 6.31. The lowest BCUT2D eigenvalue weighted by molar-refractivity contribution is -0.117. The second-order valence-corrected chi connectivity index (χ2v) is 7.47. The van der Waals surface area contributed by atoms with Crippen LogP contribution >= 0.6 is 11.6 Å². The van der Waals surface area contributed by atoms with Crippen molar-refractivity contribution < 1.29 is 19.1 Å². The fraction of sp³-hybridized carbons (Fsp3) is 0.120. The largest absolute Gasteiger partial charge is 0.490 e. The van der Waals surface area contributed by atoms with Gasteiger partial charge in [-0.25, -0.2) is 5.01 Å². The summed E-state index contributed by atoms with van der Waals surface area (Å²) in [5, 5.41) is 1.90. The van der Waals surface area contributed by atoms with Gasteiger partial charge >= 0.3 is 0 Å². The topological polar surface area (TPSA) is 67.9 Å². The molecule has 1 saturated heterocycles. The normalized spacial score (nSPS) is 14.6. The Morgan fingerprint density at radius 1 is 0.938 bits per heavy atom. The summed E-state index contributed by atoms with van der Waals surface area (Å²) in [5.41, 5.74) is 4.86. The van der Waals surface area contributed by atoms with E-state index in [4.69, 9.17) is 21.1 Å². The predicted molar refractivity (Wildman–Crippen MR) is 123 cm³/mol. The zero-order chi connectivity index (χ0) is 22.5. The fourth-order valence-electron chi connectivity index (χ4n) is 3.23. The summed E-state index contributed by atoms with van der Waals surface area (Å²) in [6.07, 6.45) is 1.55. The Morgan fingerprint density at radius 3 is 2.41 bits per heavy atom. The molecule has 0 unspecified atom stereocenters. The minimum atomic E-state index is -0.458. The smallest absolute Gasteiger partial charge is 0.282 e. The van der Waals surface area contributed by atoms with Gasteiger partial charge in [-0.15, -0.1) is 0 Å². The van der Waals surface area contributed by atoms with Gasteiger partial charge in [0.1, 0.15) is 12.2 Å². The van der Waals surface area contributed by atoms with E-state index in [2.05, 4.69) is 5.43 Å². The Kier molecular flexibility index (Phi) is 6.42. The number of para-hydroxylation sites is 1. The van der Waals surface area contributed by atoms with E-state index < -0.39 is 11.8 Å². The Morgan fingerprint density at radius 2 is 1.69 bits per heavy atom. The van der Waals surface area contributed by atoms with Crippen LogP contribution in [0.5, 0.6) is 11.5 Å². The van der Waals surface area contributed by atoms with Crippen LogP contribution in [0, 0.1) is 0 Å². The maximum absolute atomic E-state index is 12.8. The van der Waals surface area contributed by atoms with Crippen LogP contribution in [-0.2, 0) is 16.2 Å². The van der Waals surface area contributed by atoms with Gasteiger partial charge in [-0.2, -0.15) is 0 Å². The van der Waals surface area contributed by atoms with E-state index in [1.165, 1.54) is 5.01 Å². The average Bonchev–Trinajstić information content (AvgIpc) is 3.09. The number of hydrogen-bond donors (Lipinski definition) is 1. The molecule has 7 heteroatoms. The molecule has 1 N–H and O–H groups in total. The number of hydrogen-bond acceptors (Lipinski definition) is 4. The van der Waals surface area contributed by atoms with E-state index in [-0.39, 0.29) is 5.57 Å². The molecule has 0 aromatic heterocycles. The zero-order valence-corrected chi connectivity index (χ0v) is 18.1. The second-order valence-electron chi connectivity index (χ2n) is 7.03. The SMILES string of the molecule is CCOc1cc(/C=C2/C(=O)NN(c3ccccc3)C2=O)ccc1OCc1ccc(Cl)cc1. The highest BCUT2D eigenvalue weighted by Gasteiger charge is 2.34. The Bertz CT molecular complexity index is 1160. The number of hydrazine groups is 1. The van der Waals surface area contributed by atoms with Gasteiger partial charge in [-0.3, -0.25) is 15.0 Å². The van der Waals surface area contributed by atoms with Gasteiger partial charge in [0.2, 0.25) is 0 Å². The molecule has 3 aromatic rings. The summed E-state index contributed by atoms with van der Waals surface area (Å²) >= 11 is 5.93. The van der Waals surface area contributed by atoms with Crippen LogP contribution in [0.3, 0.4) is 0 Å². The third-order valence-electron chi connectivity index (χ3n) is 4.79. The molecule has 3 aromatic carbocycles. The van der Waals surface area contributed by atoms with Crippen molar-refractivity contribution in [3.8, 4) is 11.5 Å². The molecule has 0 radical (unpaired) electrons. The van der Waals surface area contributed by atoms with Crippen LogP contribution in [0.4, 0.5) is 5.69 Å². The quantitative estimate of drug-likeness (QED) is 0.417. The number of carbonyl (C=O) groups is 2. The molecule has 4 rings (SSSR count). The first-order valence-electron chi connectivity index (χ1n) is 10.1. The molecule has 1 aliphatic heterocycles. The Labute approximate surface area is 191 Å². The van der Waals surface area contributed by atoms with Gasteiger partial charge in [0, 0.05) is 5.02 Å². The Balaban J connectivity index is 1.55. The highest BCUT2D eigenvalue weighted by Crippen LogP contribution is 2.31. The molecular formula is C25H21ClN2O4. The molecule has 0 bridgehead atoms. The van der Waals surface area contributed by atoms with Gasteiger partial charge in [-0.1, -0.05) is 48.0 Å². The van der Waals surface area contributed by atoms with Gasteiger partial charge in [-0.05, 0) is 60.5 Å². The highest BCUT2D eigenvalue weighted by atomic mass is 35.5. The van der Waals surface area contributed by atoms with Crippen molar-refractivity contribution in [3.05, 3.63) is 94.5 Å². The van der Waals surface area contributed by atoms with Gasteiger partial charge in [0.05, 0.1) is 12.3 Å². The van der Waals surface area contributed by atoms with Crippen molar-refractivity contribution in [3.63, 3.8) is 0 Å². The molecule has 1 fully saturated rings. The van der Waals surface area contributed by atoms with E-state index in [0.717, 1.165) is 5.56 Å². The van der Waals surface area contributed by atoms with E-state index in [9.17, 15) is 9.59 Å². The maximum atomic E-state index is 12.8. The third-order valence-corrected chi connectivity index (χ3v) is 5.04. The van der Waals surface area contributed by atoms with Crippen molar-refractivity contribution in [2.24, 2.45) is 0 Å². The molecule has 0 atom stereocenters. The summed E-state index contributed by atoms with van der Waals surface area (Å²) in [6.45, 7) is 2.67. The molecule has 6 nitrogen and oxygen atoms in total. The van der Waals surface area contributed by atoms with Crippen LogP contribution in [0.1, 0.15) is 18.1 Å². The van der Waals surface area contributed by atoms with E-state index in [1.54, 1.807) is 60.7 Å². The van der Waals surface area contributed by atoms with Gasteiger partial charge in [0.15, 0.2) is 11.5 Å². The Hall–Kier alpha value is -3.77. The fourth-order valence-corrected chi connectivity index (χ4v) is 3.35. The van der Waals surface area contributed by atoms with Crippen LogP contribution in [0.15, 0.2) is 78.4 Å². The van der Waals surface area contributed by atoms with Gasteiger partial charge < -0.3 is 9.47 Å². The number of anilines is 1. The summed E-state index contributed by atoms with van der Waals surface area (Å²) in [5.74, 6) is 0.223. The van der Waals surface area contributed by atoms with Crippen LogP contribution in [0.25, 0.3) is 6.08 Å². The maximum Gasteiger partial charge on any atom is 0.282 e. The van der Waals surface area contributed by atoms with E-state index >= 15 is 0 Å². The number of carbonyl (C=O) groups excluding carboxylic acids is 2. The lowest BCUT2D eigenvalue weighted by Gasteiger charge is -2.14. The molecule has 0 aliphatic carbocycles. The van der Waals surface area contributed by atoms with Crippen LogP contribution < -0.4 is 19.9 Å². The molecule has 0 saturated carbocycles. The van der Waals surface area contributed by atoms with Crippen molar-refractivity contribution in [2.45, 2.75) is 13.5 Å². The van der Waals surface area contributed by atoms with E-state index in [0.29, 0.717) is 41.0 Å². The van der Waals surface area contributed by atoms with Gasteiger partial charge in [0.25, 0.3) is 11.8 Å². The van der Waals surface area contributed by atoms with Crippen LogP contribution in [-0.4, -0.2) is 18.4 Å². The number of nitrogens with one attached hydrogen (secondary N) is 1. The first-order chi connectivity index (χ1) is 15.5. The lowest BCUT2D eigenvalue weighted by atomic mass is 10.1. The molecular weight excluding hydrogens is 428 g/mol. The average molecular weight is 449 g/mol. The molecule has 32 heavy (non-hydrogen) atoms. The number of benzene rings is 3. The van der Waals surface area contributed by atoms with Crippen LogP contribution in [0.2, 0.25) is 5.02 Å². The number of ether oxygens (including phenoxy) is 2. The predicted octanol–water partition coefficient (Wildman–Crippen LogP) is 4.78. The monoisotopic (exact) mass is 448 g/mol. The molecule has 0 spiro atoms. The van der Waals surface area contributed by atoms with E-state index in [1.807, 2.05) is 25.1 Å². The summed E-state index contributed by atoms with van der Waals surface area (Å²) in [4.78, 5) is 25.2. The first-order valence-corrected chi connectivity index (χ1v) is 10.5. The number of amides is 2. The standard InChI is InChI=1S/C25H21ClN2O4/c1-2-31-23-15-18(10-13-22(23)32-16-17-8-11-19(26)12-9-17)14-21-24(29)27-28(25(21)30)20-6-4-3-5-7-20/h3-15H,2,16H2,1H3,(H,27,29)/b21-14-. The molecule has 1 heterocycles. The number of halogens is 1. The number of rotatable bonds is 7. The summed E-state index contributed by atoms with van der Waals surface area (Å²) < 4.78 is 11.6. The number of nitrogens with zero attached hydrogens (tertiary/aromatic N) is 1. The molecule has 2 amide bonds. The molecule has 162 valence electrons. The second kappa shape index (κ2) is 9.58. The van der Waals surface area contributed by atoms with Crippen molar-refractivity contribution in [1.82, 2.24) is 5.43 Å². The third kappa shape index (κ3) is 4.76. The first kappa shape index (κ1) is 21.5. The summed E-state index contributed by atoms with van der Waals surface area (Å²) in [6, 6.07) is 21.6. The molecule has 1 aliphatic rings. The lowest BCUT2D eigenvalue weighted by Crippen LogP contribution is -2.35.